The van der Waals surface area contributed by atoms with Gasteiger partial charge in [0.25, 0.3) is 5.91 Å². The van der Waals surface area contributed by atoms with Crippen molar-refractivity contribution in [2.75, 3.05) is 20.2 Å². The molecule has 0 radical (unpaired) electrons. The fraction of sp³-hybridized carbons (Fsp3) is 0.586. The van der Waals surface area contributed by atoms with Crippen LogP contribution in [0.1, 0.15) is 86.5 Å². The van der Waals surface area contributed by atoms with Crippen molar-refractivity contribution in [3.63, 3.8) is 0 Å². The van der Waals surface area contributed by atoms with E-state index in [0.29, 0.717) is 0 Å². The molecule has 1 aromatic carbocycles. The SMILES string of the molecule is COC(=O)N1CCC(C(=O)OC(C)(C)C)(c2ccc3[nH]c(C(NC(=O)c4nonc4C)C4CCC(F)(F)CC4)nc3c2F)C1. The van der Waals surface area contributed by atoms with Crippen LogP contribution in [0.15, 0.2) is 16.8 Å². The van der Waals surface area contributed by atoms with Crippen molar-refractivity contribution in [1.29, 1.82) is 0 Å². The van der Waals surface area contributed by atoms with Gasteiger partial charge in [0.15, 0.2) is 11.5 Å². The number of nitrogens with zero attached hydrogens (tertiary/aromatic N) is 4. The Hall–Kier alpha value is -4.17. The van der Waals surface area contributed by atoms with Gasteiger partial charge in [0.2, 0.25) is 5.92 Å². The number of methoxy groups -OCH3 is 1. The number of amides is 2. The number of benzene rings is 1. The molecular formula is C29H35F3N6O6. The van der Waals surface area contributed by atoms with Crippen LogP contribution in [0, 0.1) is 18.7 Å². The van der Waals surface area contributed by atoms with Gasteiger partial charge in [0.1, 0.15) is 28.1 Å². The molecule has 1 aliphatic carbocycles. The fourth-order valence-corrected chi connectivity index (χ4v) is 6.00. The minimum atomic E-state index is -2.82. The number of H-pyrrole nitrogens is 1. The monoisotopic (exact) mass is 620 g/mol. The maximum Gasteiger partial charge on any atom is 0.409 e. The number of ether oxygens (including phenoxy) is 2. The lowest BCUT2D eigenvalue weighted by Gasteiger charge is -2.33. The normalized spacial score (nSPS) is 21.3. The Morgan fingerprint density at radius 1 is 1.16 bits per heavy atom. The summed E-state index contributed by atoms with van der Waals surface area (Å²) in [5.74, 6) is -5.26. The van der Waals surface area contributed by atoms with Crippen LogP contribution in [0.2, 0.25) is 0 Å². The summed E-state index contributed by atoms with van der Waals surface area (Å²) in [7, 11) is 1.22. The zero-order valence-electron chi connectivity index (χ0n) is 25.1. The fourth-order valence-electron chi connectivity index (χ4n) is 6.00. The van der Waals surface area contributed by atoms with Gasteiger partial charge in [-0.1, -0.05) is 11.2 Å². The summed E-state index contributed by atoms with van der Waals surface area (Å²) in [4.78, 5) is 47.9. The van der Waals surface area contributed by atoms with Crippen LogP contribution in [0.5, 0.6) is 0 Å². The molecule has 1 aliphatic heterocycles. The summed E-state index contributed by atoms with van der Waals surface area (Å²) in [5, 5.41) is 10.1. The van der Waals surface area contributed by atoms with Crippen LogP contribution in [-0.4, -0.2) is 74.9 Å². The molecule has 2 amide bonds. The first-order valence-electron chi connectivity index (χ1n) is 14.4. The Bertz CT molecular complexity index is 1570. The van der Waals surface area contributed by atoms with E-state index in [-0.39, 0.29) is 79.0 Å². The molecule has 15 heteroatoms. The number of carbonyl (C=O) groups is 3. The molecule has 44 heavy (non-hydrogen) atoms. The van der Waals surface area contributed by atoms with Gasteiger partial charge < -0.3 is 24.7 Å². The Morgan fingerprint density at radius 3 is 2.48 bits per heavy atom. The van der Waals surface area contributed by atoms with E-state index in [4.69, 9.17) is 9.47 Å². The number of halogens is 3. The predicted molar refractivity (Wildman–Crippen MR) is 148 cm³/mol. The molecule has 2 aliphatic rings. The van der Waals surface area contributed by atoms with Gasteiger partial charge in [0.05, 0.1) is 18.7 Å². The number of nitrogens with one attached hydrogen (secondary N) is 2. The number of likely N-dealkylation sites (tertiary alicyclic amines) is 1. The van der Waals surface area contributed by atoms with Crippen LogP contribution in [0.4, 0.5) is 18.0 Å². The average molecular weight is 621 g/mol. The summed E-state index contributed by atoms with van der Waals surface area (Å²) in [6.45, 7) is 6.57. The Kier molecular flexibility index (Phi) is 8.10. The summed E-state index contributed by atoms with van der Waals surface area (Å²) < 4.78 is 59.7. The number of hydrogen-bond acceptors (Lipinski definition) is 9. The average Bonchev–Trinajstić information content (AvgIpc) is 3.70. The molecule has 3 heterocycles. The quantitative estimate of drug-likeness (QED) is 0.372. The van der Waals surface area contributed by atoms with Crippen molar-refractivity contribution in [3.8, 4) is 0 Å². The number of fused-ring (bicyclic) bond motifs is 1. The highest BCUT2D eigenvalue weighted by Crippen LogP contribution is 2.43. The number of alkyl halides is 2. The number of rotatable bonds is 6. The molecule has 2 unspecified atom stereocenters. The van der Waals surface area contributed by atoms with E-state index in [1.54, 1.807) is 26.8 Å². The van der Waals surface area contributed by atoms with E-state index < -0.39 is 52.7 Å². The predicted octanol–water partition coefficient (Wildman–Crippen LogP) is 4.74. The minimum absolute atomic E-state index is 0.00843. The lowest BCUT2D eigenvalue weighted by atomic mass is 9.79. The van der Waals surface area contributed by atoms with Gasteiger partial charge >= 0.3 is 12.1 Å². The molecule has 2 atom stereocenters. The van der Waals surface area contributed by atoms with E-state index >= 15 is 4.39 Å². The van der Waals surface area contributed by atoms with Crippen LogP contribution in [0.25, 0.3) is 11.0 Å². The highest BCUT2D eigenvalue weighted by molar-refractivity contribution is 5.93. The largest absolute Gasteiger partial charge is 0.459 e. The second-order valence-electron chi connectivity index (χ2n) is 12.5. The van der Waals surface area contributed by atoms with Crippen molar-refractivity contribution in [1.82, 2.24) is 30.5 Å². The second-order valence-corrected chi connectivity index (χ2v) is 12.5. The van der Waals surface area contributed by atoms with Crippen LogP contribution in [0.3, 0.4) is 0 Å². The van der Waals surface area contributed by atoms with Gasteiger partial charge in [-0.3, -0.25) is 9.59 Å². The Balaban J connectivity index is 1.55. The van der Waals surface area contributed by atoms with Gasteiger partial charge in [0, 0.05) is 31.5 Å². The standard InChI is InChI=1S/C29H35F3N6O6/c1-15-20(37-44-36-15)24(39)35-21(16-8-10-29(31,32)11-9-16)23-33-18-7-6-17(19(30)22(18)34-23)28(25(40)43-27(2,3)4)12-13-38(14-28)26(41)42-5/h6-7,16,21H,8-14H2,1-5H3,(H,33,34)(H,35,39). The first-order chi connectivity index (χ1) is 20.6. The molecule has 12 nitrogen and oxygen atoms in total. The molecular weight excluding hydrogens is 585 g/mol. The van der Waals surface area contributed by atoms with E-state index in [2.05, 4.69) is 30.2 Å². The molecule has 0 bridgehead atoms. The third kappa shape index (κ3) is 5.95. The van der Waals surface area contributed by atoms with Crippen molar-refractivity contribution in [3.05, 3.63) is 40.7 Å². The molecule has 2 fully saturated rings. The van der Waals surface area contributed by atoms with Crippen LogP contribution in [-0.2, 0) is 19.7 Å². The molecule has 2 N–H and O–H groups in total. The molecule has 2 aromatic heterocycles. The molecule has 1 saturated heterocycles. The number of hydrogen-bond donors (Lipinski definition) is 2. The van der Waals surface area contributed by atoms with E-state index in [0.717, 1.165) is 0 Å². The second kappa shape index (κ2) is 11.4. The molecule has 3 aromatic rings. The minimum Gasteiger partial charge on any atom is -0.459 e. The highest BCUT2D eigenvalue weighted by Gasteiger charge is 2.52. The highest BCUT2D eigenvalue weighted by atomic mass is 19.3. The molecule has 0 spiro atoms. The molecule has 5 rings (SSSR count). The molecule has 1 saturated carbocycles. The topological polar surface area (TPSA) is 153 Å². The third-order valence-electron chi connectivity index (χ3n) is 8.30. The number of carbonyl (C=O) groups excluding carboxylic acids is 3. The zero-order chi connectivity index (χ0) is 32.0. The molecule has 238 valence electrons. The van der Waals surface area contributed by atoms with Crippen LogP contribution < -0.4 is 5.32 Å². The van der Waals surface area contributed by atoms with Gasteiger partial charge in [-0.15, -0.1) is 0 Å². The van der Waals surface area contributed by atoms with E-state index in [9.17, 15) is 23.2 Å². The summed E-state index contributed by atoms with van der Waals surface area (Å²) in [6.07, 6.45) is -1.15. The zero-order valence-corrected chi connectivity index (χ0v) is 25.1. The lowest BCUT2D eigenvalue weighted by Crippen LogP contribution is -2.44. The van der Waals surface area contributed by atoms with Gasteiger partial charge in [-0.25, -0.2) is 27.6 Å². The maximum atomic E-state index is 16.5. The Morgan fingerprint density at radius 2 is 1.86 bits per heavy atom. The van der Waals surface area contributed by atoms with E-state index in [1.165, 1.54) is 25.0 Å². The summed E-state index contributed by atoms with van der Waals surface area (Å²) >= 11 is 0. The number of imidazole rings is 1. The number of esters is 1. The van der Waals surface area contributed by atoms with Crippen molar-refractivity contribution in [2.45, 2.75) is 82.8 Å². The van der Waals surface area contributed by atoms with Gasteiger partial charge in [-0.05, 0) is 64.1 Å². The summed E-state index contributed by atoms with van der Waals surface area (Å²) in [6, 6.07) is 2.10. The van der Waals surface area contributed by atoms with Gasteiger partial charge in [-0.2, -0.15) is 0 Å². The summed E-state index contributed by atoms with van der Waals surface area (Å²) in [5.41, 5.74) is -2.12. The maximum absolute atomic E-state index is 16.5. The number of aryl methyl sites for hydroxylation is 1. The smallest absolute Gasteiger partial charge is 0.409 e. The van der Waals surface area contributed by atoms with Crippen molar-refractivity contribution < 1.29 is 41.7 Å². The number of aromatic amines is 1. The van der Waals surface area contributed by atoms with Crippen molar-refractivity contribution in [2.24, 2.45) is 5.92 Å². The van der Waals surface area contributed by atoms with Crippen molar-refractivity contribution >= 4 is 29.0 Å². The Labute approximate surface area is 251 Å². The first kappa shape index (κ1) is 31.3. The third-order valence-corrected chi connectivity index (χ3v) is 8.30. The van der Waals surface area contributed by atoms with Crippen LogP contribution >= 0.6 is 0 Å². The number of aromatic nitrogens is 4. The van der Waals surface area contributed by atoms with E-state index in [1.807, 2.05) is 0 Å². The first-order valence-corrected chi connectivity index (χ1v) is 14.4. The lowest BCUT2D eigenvalue weighted by molar-refractivity contribution is -0.161.